The average Bonchev–Trinajstić information content (AvgIpc) is 2.71. The third kappa shape index (κ3) is 2.14. The Hall–Kier alpha value is -1.22. The maximum absolute atomic E-state index is 9.68. The van der Waals surface area contributed by atoms with Gasteiger partial charge in [-0.05, 0) is 25.5 Å². The smallest absolute Gasteiger partial charge is 0.120 e. The van der Waals surface area contributed by atoms with Gasteiger partial charge in [0.25, 0.3) is 0 Å². The van der Waals surface area contributed by atoms with Crippen molar-refractivity contribution in [2.24, 2.45) is 5.92 Å². The molecular weight excluding hydrogens is 202 g/mol. The fourth-order valence-electron chi connectivity index (χ4n) is 2.38. The molecule has 0 bridgehead atoms. The number of rotatable bonds is 3. The molecule has 3 heteroatoms. The van der Waals surface area contributed by atoms with Gasteiger partial charge in [0.2, 0.25) is 0 Å². The molecule has 1 aliphatic rings. The highest BCUT2D eigenvalue weighted by Gasteiger charge is 2.23. The fourth-order valence-corrected chi connectivity index (χ4v) is 2.38. The maximum atomic E-state index is 9.68. The minimum Gasteiger partial charge on any atom is -0.508 e. The largest absolute Gasteiger partial charge is 0.508 e. The lowest BCUT2D eigenvalue weighted by atomic mass is 10.1. The number of anilines is 1. The molecule has 88 valence electrons. The van der Waals surface area contributed by atoms with Gasteiger partial charge in [0, 0.05) is 37.4 Å². The SMILES string of the molecule is COCC1CCN(c2cccc(O)c2C)C1. The van der Waals surface area contributed by atoms with Crippen molar-refractivity contribution in [2.45, 2.75) is 13.3 Å². The molecular formula is C13H19NO2. The summed E-state index contributed by atoms with van der Waals surface area (Å²) in [5, 5.41) is 9.68. The molecule has 0 saturated carbocycles. The summed E-state index contributed by atoms with van der Waals surface area (Å²) < 4.78 is 5.19. The van der Waals surface area contributed by atoms with Gasteiger partial charge in [-0.1, -0.05) is 6.07 Å². The molecule has 1 unspecified atom stereocenters. The number of phenolic OH excluding ortho intramolecular Hbond substituents is 1. The second-order valence-corrected chi connectivity index (χ2v) is 4.48. The van der Waals surface area contributed by atoms with Crippen LogP contribution in [0.2, 0.25) is 0 Å². The summed E-state index contributed by atoms with van der Waals surface area (Å²) >= 11 is 0. The van der Waals surface area contributed by atoms with E-state index in [2.05, 4.69) is 11.0 Å². The monoisotopic (exact) mass is 221 g/mol. The Labute approximate surface area is 96.6 Å². The molecule has 1 atom stereocenters. The van der Waals surface area contributed by atoms with Crippen LogP contribution < -0.4 is 4.90 Å². The van der Waals surface area contributed by atoms with Gasteiger partial charge < -0.3 is 14.7 Å². The standard InChI is InChI=1S/C13H19NO2/c1-10-12(4-3-5-13(10)15)14-7-6-11(8-14)9-16-2/h3-5,11,15H,6-9H2,1-2H3. The number of methoxy groups -OCH3 is 1. The lowest BCUT2D eigenvalue weighted by molar-refractivity contribution is 0.161. The second-order valence-electron chi connectivity index (χ2n) is 4.48. The number of hydrogen-bond acceptors (Lipinski definition) is 3. The summed E-state index contributed by atoms with van der Waals surface area (Å²) in [4.78, 5) is 2.33. The van der Waals surface area contributed by atoms with Gasteiger partial charge in [0.05, 0.1) is 6.61 Å². The van der Waals surface area contributed by atoms with E-state index >= 15 is 0 Å². The number of phenols is 1. The Kier molecular flexibility index (Phi) is 3.34. The van der Waals surface area contributed by atoms with E-state index in [4.69, 9.17) is 4.74 Å². The van der Waals surface area contributed by atoms with Crippen molar-refractivity contribution in [3.63, 3.8) is 0 Å². The molecule has 1 aromatic rings. The molecule has 1 saturated heterocycles. The molecule has 0 spiro atoms. The lowest BCUT2D eigenvalue weighted by Crippen LogP contribution is -2.21. The predicted octanol–water partition coefficient (Wildman–Crippen LogP) is 2.17. The molecule has 1 aromatic carbocycles. The van der Waals surface area contributed by atoms with E-state index in [9.17, 15) is 5.11 Å². The van der Waals surface area contributed by atoms with Crippen molar-refractivity contribution in [3.05, 3.63) is 23.8 Å². The van der Waals surface area contributed by atoms with Crippen LogP contribution in [0.15, 0.2) is 18.2 Å². The Morgan fingerprint density at radius 1 is 1.50 bits per heavy atom. The van der Waals surface area contributed by atoms with E-state index in [1.807, 2.05) is 13.0 Å². The topological polar surface area (TPSA) is 32.7 Å². The summed E-state index contributed by atoms with van der Waals surface area (Å²) in [5.41, 5.74) is 2.12. The normalized spacial score (nSPS) is 20.4. The van der Waals surface area contributed by atoms with Crippen molar-refractivity contribution in [3.8, 4) is 5.75 Å². The molecule has 3 nitrogen and oxygen atoms in total. The minimum atomic E-state index is 0.382. The van der Waals surface area contributed by atoms with Crippen LogP contribution in [0.3, 0.4) is 0 Å². The van der Waals surface area contributed by atoms with Gasteiger partial charge in [0.15, 0.2) is 0 Å². The first kappa shape index (κ1) is 11.3. The van der Waals surface area contributed by atoms with Crippen molar-refractivity contribution >= 4 is 5.69 Å². The Bertz CT molecular complexity index is 365. The quantitative estimate of drug-likeness (QED) is 0.849. The van der Waals surface area contributed by atoms with Crippen molar-refractivity contribution in [2.75, 3.05) is 31.7 Å². The number of aromatic hydroxyl groups is 1. The fraction of sp³-hybridized carbons (Fsp3) is 0.538. The summed E-state index contributed by atoms with van der Waals surface area (Å²) in [6.07, 6.45) is 1.17. The molecule has 1 heterocycles. The Morgan fingerprint density at radius 3 is 3.06 bits per heavy atom. The molecule has 1 fully saturated rings. The first-order valence-corrected chi connectivity index (χ1v) is 5.75. The Balaban J connectivity index is 2.11. The third-order valence-electron chi connectivity index (χ3n) is 3.31. The van der Waals surface area contributed by atoms with Gasteiger partial charge in [-0.3, -0.25) is 0 Å². The number of hydrogen-bond donors (Lipinski definition) is 1. The molecule has 2 rings (SSSR count). The second kappa shape index (κ2) is 4.74. The highest BCUT2D eigenvalue weighted by atomic mass is 16.5. The minimum absolute atomic E-state index is 0.382. The van der Waals surface area contributed by atoms with E-state index in [1.165, 1.54) is 6.42 Å². The van der Waals surface area contributed by atoms with Gasteiger partial charge >= 0.3 is 0 Å². The highest BCUT2D eigenvalue weighted by Crippen LogP contribution is 2.31. The van der Waals surface area contributed by atoms with Crippen LogP contribution in [0.5, 0.6) is 5.75 Å². The summed E-state index contributed by atoms with van der Waals surface area (Å²) in [6.45, 7) is 4.87. The third-order valence-corrected chi connectivity index (χ3v) is 3.31. The van der Waals surface area contributed by atoms with Crippen molar-refractivity contribution < 1.29 is 9.84 Å². The van der Waals surface area contributed by atoms with E-state index < -0.39 is 0 Å². The lowest BCUT2D eigenvalue weighted by Gasteiger charge is -2.21. The van der Waals surface area contributed by atoms with E-state index in [-0.39, 0.29) is 0 Å². The van der Waals surface area contributed by atoms with Crippen molar-refractivity contribution in [1.82, 2.24) is 0 Å². The van der Waals surface area contributed by atoms with E-state index in [1.54, 1.807) is 13.2 Å². The summed E-state index contributed by atoms with van der Waals surface area (Å²) in [6, 6.07) is 5.72. The number of nitrogens with zero attached hydrogens (tertiary/aromatic N) is 1. The Morgan fingerprint density at radius 2 is 2.31 bits per heavy atom. The maximum Gasteiger partial charge on any atom is 0.120 e. The van der Waals surface area contributed by atoms with E-state index in [0.717, 1.165) is 30.9 Å². The highest BCUT2D eigenvalue weighted by molar-refractivity contribution is 5.58. The van der Waals surface area contributed by atoms with Gasteiger partial charge in [-0.25, -0.2) is 0 Å². The van der Waals surface area contributed by atoms with E-state index in [0.29, 0.717) is 11.7 Å². The average molecular weight is 221 g/mol. The van der Waals surface area contributed by atoms with Crippen LogP contribution >= 0.6 is 0 Å². The van der Waals surface area contributed by atoms with Crippen LogP contribution in [0, 0.1) is 12.8 Å². The number of benzene rings is 1. The zero-order valence-electron chi connectivity index (χ0n) is 9.94. The van der Waals surface area contributed by atoms with Gasteiger partial charge in [-0.15, -0.1) is 0 Å². The molecule has 1 N–H and O–H groups in total. The molecule has 0 radical (unpaired) electrons. The van der Waals surface area contributed by atoms with Crippen LogP contribution in [0.25, 0.3) is 0 Å². The predicted molar refractivity (Wildman–Crippen MR) is 65.0 cm³/mol. The summed E-state index contributed by atoms with van der Waals surface area (Å²) in [7, 11) is 1.75. The van der Waals surface area contributed by atoms with Crippen LogP contribution in [0.4, 0.5) is 5.69 Å². The van der Waals surface area contributed by atoms with Crippen LogP contribution in [-0.4, -0.2) is 31.9 Å². The molecule has 0 aliphatic carbocycles. The molecule has 16 heavy (non-hydrogen) atoms. The van der Waals surface area contributed by atoms with Crippen molar-refractivity contribution in [1.29, 1.82) is 0 Å². The van der Waals surface area contributed by atoms with Gasteiger partial charge in [0.1, 0.15) is 5.75 Å². The zero-order chi connectivity index (χ0) is 11.5. The van der Waals surface area contributed by atoms with Crippen LogP contribution in [-0.2, 0) is 4.74 Å². The van der Waals surface area contributed by atoms with Gasteiger partial charge in [-0.2, -0.15) is 0 Å². The summed E-state index contributed by atoms with van der Waals surface area (Å²) in [5.74, 6) is 0.999. The van der Waals surface area contributed by atoms with Crippen LogP contribution in [0.1, 0.15) is 12.0 Å². The molecule has 0 aromatic heterocycles. The number of ether oxygens (including phenoxy) is 1. The first-order valence-electron chi connectivity index (χ1n) is 5.75. The first-order chi connectivity index (χ1) is 7.72. The molecule has 0 amide bonds. The zero-order valence-corrected chi connectivity index (χ0v) is 9.94. The molecule has 1 aliphatic heterocycles.